The Balaban J connectivity index is 1.89. The van der Waals surface area contributed by atoms with E-state index in [-0.39, 0.29) is 11.3 Å². The van der Waals surface area contributed by atoms with Gasteiger partial charge >= 0.3 is 0 Å². The first-order valence-corrected chi connectivity index (χ1v) is 7.56. The molecule has 1 aromatic carbocycles. The maximum Gasteiger partial charge on any atom is 0.267 e. The van der Waals surface area contributed by atoms with Gasteiger partial charge in [0.25, 0.3) is 6.43 Å². The van der Waals surface area contributed by atoms with Gasteiger partial charge in [-0.25, -0.2) is 8.78 Å². The van der Waals surface area contributed by atoms with Crippen LogP contribution in [0, 0.1) is 0 Å². The monoisotopic (exact) mass is 295 g/mol. The third kappa shape index (κ3) is 4.81. The second-order valence-corrected chi connectivity index (χ2v) is 5.45. The van der Waals surface area contributed by atoms with Crippen LogP contribution >= 0.6 is 0 Å². The van der Waals surface area contributed by atoms with Crippen molar-refractivity contribution in [3.8, 4) is 5.75 Å². The third-order valence-corrected chi connectivity index (χ3v) is 3.93. The first-order chi connectivity index (χ1) is 10.2. The van der Waals surface area contributed by atoms with E-state index >= 15 is 0 Å². The number of hydrogen-bond acceptors (Lipinski definition) is 2. The molecule has 1 aromatic rings. The van der Waals surface area contributed by atoms with Crippen molar-refractivity contribution in [2.45, 2.75) is 44.6 Å². The van der Waals surface area contributed by atoms with Crippen molar-refractivity contribution in [3.63, 3.8) is 0 Å². The highest BCUT2D eigenvalue weighted by Gasteiger charge is 2.14. The van der Waals surface area contributed by atoms with Crippen molar-refractivity contribution in [3.05, 3.63) is 35.4 Å². The fraction of sp³-hybridized carbons (Fsp3) is 0.529. The van der Waals surface area contributed by atoms with Crippen molar-refractivity contribution in [1.29, 1.82) is 0 Å². The standard InChI is InChI=1S/C17H23F2NO/c1-21-16-10-9-13(12-15(16)17(18)19)6-5-11-20-14-7-3-2-4-8-14/h5-6,9-10,12,14,17,20H,2-4,7-8,11H2,1H3. The summed E-state index contributed by atoms with van der Waals surface area (Å²) in [5, 5.41) is 3.49. The number of rotatable bonds is 6. The summed E-state index contributed by atoms with van der Waals surface area (Å²) >= 11 is 0. The summed E-state index contributed by atoms with van der Waals surface area (Å²) < 4.78 is 30.8. The molecule has 1 aliphatic carbocycles. The topological polar surface area (TPSA) is 21.3 Å². The molecule has 2 rings (SSSR count). The van der Waals surface area contributed by atoms with Crippen LogP contribution in [0.15, 0.2) is 24.3 Å². The Morgan fingerprint density at radius 1 is 1.29 bits per heavy atom. The number of methoxy groups -OCH3 is 1. The zero-order valence-electron chi connectivity index (χ0n) is 12.4. The first-order valence-electron chi connectivity index (χ1n) is 7.56. The molecule has 116 valence electrons. The summed E-state index contributed by atoms with van der Waals surface area (Å²) in [7, 11) is 1.41. The number of nitrogens with one attached hydrogen (secondary N) is 1. The molecule has 1 saturated carbocycles. The van der Waals surface area contributed by atoms with Gasteiger partial charge in [0.2, 0.25) is 0 Å². The Kier molecular flexibility index (Phi) is 6.18. The van der Waals surface area contributed by atoms with Gasteiger partial charge in [-0.3, -0.25) is 0 Å². The van der Waals surface area contributed by atoms with Crippen molar-refractivity contribution >= 4 is 6.08 Å². The van der Waals surface area contributed by atoms with Gasteiger partial charge in [0.1, 0.15) is 5.75 Å². The van der Waals surface area contributed by atoms with E-state index in [1.807, 2.05) is 12.2 Å². The summed E-state index contributed by atoms with van der Waals surface area (Å²) in [5.74, 6) is 0.238. The Hall–Kier alpha value is -1.42. The van der Waals surface area contributed by atoms with Crippen LogP contribution in [0.5, 0.6) is 5.75 Å². The van der Waals surface area contributed by atoms with Gasteiger partial charge in [-0.2, -0.15) is 0 Å². The quantitative estimate of drug-likeness (QED) is 0.830. The Bertz CT molecular complexity index is 468. The molecule has 1 aliphatic rings. The van der Waals surface area contributed by atoms with Crippen LogP contribution in [0.4, 0.5) is 8.78 Å². The average Bonchev–Trinajstić information content (AvgIpc) is 2.52. The zero-order chi connectivity index (χ0) is 15.1. The Labute approximate surface area is 125 Å². The fourth-order valence-electron chi connectivity index (χ4n) is 2.76. The molecule has 2 nitrogen and oxygen atoms in total. The van der Waals surface area contributed by atoms with E-state index in [9.17, 15) is 8.78 Å². The molecule has 0 heterocycles. The molecular formula is C17H23F2NO. The van der Waals surface area contributed by atoms with Gasteiger partial charge in [0.05, 0.1) is 12.7 Å². The SMILES string of the molecule is COc1ccc(C=CCNC2CCCCC2)cc1C(F)F. The molecule has 0 unspecified atom stereocenters. The minimum Gasteiger partial charge on any atom is -0.496 e. The molecule has 1 N–H and O–H groups in total. The molecule has 0 saturated heterocycles. The highest BCUT2D eigenvalue weighted by molar-refractivity contribution is 5.53. The smallest absolute Gasteiger partial charge is 0.267 e. The van der Waals surface area contributed by atoms with Crippen LogP contribution in [-0.4, -0.2) is 19.7 Å². The molecule has 4 heteroatoms. The van der Waals surface area contributed by atoms with E-state index in [2.05, 4.69) is 5.32 Å². The summed E-state index contributed by atoms with van der Waals surface area (Å²) in [4.78, 5) is 0. The van der Waals surface area contributed by atoms with Gasteiger partial charge < -0.3 is 10.1 Å². The molecular weight excluding hydrogens is 272 g/mol. The van der Waals surface area contributed by atoms with Crippen molar-refractivity contribution < 1.29 is 13.5 Å². The van der Waals surface area contributed by atoms with Crippen LogP contribution in [0.1, 0.15) is 49.7 Å². The van der Waals surface area contributed by atoms with Gasteiger partial charge in [-0.1, -0.05) is 37.5 Å². The normalized spacial score (nSPS) is 16.8. The molecule has 0 bridgehead atoms. The lowest BCUT2D eigenvalue weighted by Crippen LogP contribution is -2.30. The number of alkyl halides is 2. The Morgan fingerprint density at radius 2 is 2.05 bits per heavy atom. The number of hydrogen-bond donors (Lipinski definition) is 1. The highest BCUT2D eigenvalue weighted by atomic mass is 19.3. The summed E-state index contributed by atoms with van der Waals surface area (Å²) in [5.41, 5.74) is 0.719. The predicted molar refractivity (Wildman–Crippen MR) is 81.9 cm³/mol. The van der Waals surface area contributed by atoms with Gasteiger partial charge in [-0.15, -0.1) is 0 Å². The molecule has 21 heavy (non-hydrogen) atoms. The van der Waals surface area contributed by atoms with Crippen LogP contribution in [0.2, 0.25) is 0 Å². The molecule has 0 spiro atoms. The summed E-state index contributed by atoms with van der Waals surface area (Å²) in [6.07, 6.45) is 7.78. The predicted octanol–water partition coefficient (Wildman–Crippen LogP) is 4.57. The van der Waals surface area contributed by atoms with E-state index in [1.54, 1.807) is 12.1 Å². The minimum atomic E-state index is -2.52. The highest BCUT2D eigenvalue weighted by Crippen LogP contribution is 2.30. The second-order valence-electron chi connectivity index (χ2n) is 5.45. The number of halogens is 2. The van der Waals surface area contributed by atoms with Crippen molar-refractivity contribution in [2.75, 3.05) is 13.7 Å². The van der Waals surface area contributed by atoms with Gasteiger partial charge in [-0.05, 0) is 30.5 Å². The number of benzene rings is 1. The molecule has 0 aliphatic heterocycles. The lowest BCUT2D eigenvalue weighted by Gasteiger charge is -2.21. The summed E-state index contributed by atoms with van der Waals surface area (Å²) in [6.45, 7) is 0.778. The van der Waals surface area contributed by atoms with E-state index in [1.165, 1.54) is 45.3 Å². The van der Waals surface area contributed by atoms with E-state index in [0.717, 1.165) is 12.1 Å². The molecule has 0 amide bonds. The van der Waals surface area contributed by atoms with Crippen LogP contribution in [-0.2, 0) is 0 Å². The molecule has 0 atom stereocenters. The maximum atomic E-state index is 12.9. The largest absolute Gasteiger partial charge is 0.496 e. The molecule has 0 radical (unpaired) electrons. The minimum absolute atomic E-state index is 0.0557. The molecule has 1 fully saturated rings. The first kappa shape index (κ1) is 16.0. The fourth-order valence-corrected chi connectivity index (χ4v) is 2.76. The lowest BCUT2D eigenvalue weighted by molar-refractivity contribution is 0.147. The van der Waals surface area contributed by atoms with Crippen molar-refractivity contribution in [2.24, 2.45) is 0 Å². The van der Waals surface area contributed by atoms with Gasteiger partial charge in [0, 0.05) is 12.6 Å². The van der Waals surface area contributed by atoms with Crippen LogP contribution < -0.4 is 10.1 Å². The van der Waals surface area contributed by atoms with E-state index < -0.39 is 6.43 Å². The average molecular weight is 295 g/mol. The lowest BCUT2D eigenvalue weighted by atomic mass is 9.95. The van der Waals surface area contributed by atoms with E-state index in [4.69, 9.17) is 4.74 Å². The van der Waals surface area contributed by atoms with Gasteiger partial charge in [0.15, 0.2) is 0 Å². The molecule has 0 aromatic heterocycles. The maximum absolute atomic E-state index is 12.9. The summed E-state index contributed by atoms with van der Waals surface area (Å²) in [6, 6.07) is 5.48. The third-order valence-electron chi connectivity index (χ3n) is 3.93. The zero-order valence-corrected chi connectivity index (χ0v) is 12.4. The second kappa shape index (κ2) is 8.13. The Morgan fingerprint density at radius 3 is 2.71 bits per heavy atom. The van der Waals surface area contributed by atoms with Crippen molar-refractivity contribution in [1.82, 2.24) is 5.32 Å². The van der Waals surface area contributed by atoms with Crippen LogP contribution in [0.3, 0.4) is 0 Å². The number of ether oxygens (including phenoxy) is 1. The van der Waals surface area contributed by atoms with E-state index in [0.29, 0.717) is 6.04 Å². The van der Waals surface area contributed by atoms with Crippen LogP contribution in [0.25, 0.3) is 6.08 Å².